The van der Waals surface area contributed by atoms with Crippen molar-refractivity contribution >= 4 is 23.2 Å². The Morgan fingerprint density at radius 3 is 2.79 bits per heavy atom. The highest BCUT2D eigenvalue weighted by molar-refractivity contribution is 5.99. The van der Waals surface area contributed by atoms with Crippen LogP contribution in [0.3, 0.4) is 0 Å². The van der Waals surface area contributed by atoms with Crippen LogP contribution in [0.15, 0.2) is 42.5 Å². The Morgan fingerprint density at radius 2 is 2.04 bits per heavy atom. The van der Waals surface area contributed by atoms with E-state index in [1.165, 1.54) is 0 Å². The molecular formula is C21H24N4O3. The number of nitrogens with zero attached hydrogens (tertiary/aromatic N) is 1. The third kappa shape index (κ3) is 3.34. The van der Waals surface area contributed by atoms with Crippen LogP contribution in [0.2, 0.25) is 0 Å². The van der Waals surface area contributed by atoms with Gasteiger partial charge in [0.05, 0.1) is 24.3 Å². The molecular weight excluding hydrogens is 356 g/mol. The fraction of sp³-hybridized carbons (Fsp3) is 0.333. The number of hydrogen-bond acceptors (Lipinski definition) is 5. The molecule has 2 unspecified atom stereocenters. The number of hydrazine groups is 1. The second-order valence-electron chi connectivity index (χ2n) is 7.15. The minimum Gasteiger partial charge on any atom is -0.384 e. The van der Waals surface area contributed by atoms with Crippen LogP contribution >= 0.6 is 0 Å². The zero-order chi connectivity index (χ0) is 19.7. The molecule has 2 aliphatic heterocycles. The van der Waals surface area contributed by atoms with Gasteiger partial charge in [-0.25, -0.2) is 10.4 Å². The zero-order valence-corrected chi connectivity index (χ0v) is 16.0. The number of methoxy groups -OCH3 is 1. The standard InChI is InChI=1S/C21H24N4O3/c1-13-3-6-15(7-4-13)25-21(27)17-12-23-18-8-5-14(11-16(18)19(17)24-25)20(26)22-9-10-28-2/h3-8,11,17,19,23-24H,9-10,12H2,1-2H3,(H,22,26). The van der Waals surface area contributed by atoms with Crippen LogP contribution in [0.4, 0.5) is 11.4 Å². The van der Waals surface area contributed by atoms with Gasteiger partial charge in [0.15, 0.2) is 0 Å². The summed E-state index contributed by atoms with van der Waals surface area (Å²) < 4.78 is 4.97. The molecule has 7 nitrogen and oxygen atoms in total. The summed E-state index contributed by atoms with van der Waals surface area (Å²) in [5.41, 5.74) is 7.75. The summed E-state index contributed by atoms with van der Waals surface area (Å²) in [6.45, 7) is 3.49. The first-order valence-electron chi connectivity index (χ1n) is 9.40. The van der Waals surface area contributed by atoms with Gasteiger partial charge in [0.2, 0.25) is 5.91 Å². The summed E-state index contributed by atoms with van der Waals surface area (Å²) in [7, 11) is 1.60. The van der Waals surface area contributed by atoms with E-state index in [0.717, 1.165) is 22.5 Å². The summed E-state index contributed by atoms with van der Waals surface area (Å²) >= 11 is 0. The Hall–Kier alpha value is -2.90. The lowest BCUT2D eigenvalue weighted by atomic mass is 9.88. The average Bonchev–Trinajstić information content (AvgIpc) is 3.05. The van der Waals surface area contributed by atoms with Crippen molar-refractivity contribution in [2.75, 3.05) is 37.1 Å². The van der Waals surface area contributed by atoms with E-state index in [0.29, 0.717) is 25.3 Å². The van der Waals surface area contributed by atoms with E-state index in [-0.39, 0.29) is 23.8 Å². The molecule has 1 fully saturated rings. The molecule has 4 rings (SSSR count). The lowest BCUT2D eigenvalue weighted by molar-refractivity contribution is -0.120. The summed E-state index contributed by atoms with van der Waals surface area (Å²) in [5.74, 6) is -0.343. The molecule has 0 spiro atoms. The first kappa shape index (κ1) is 18.5. The number of fused-ring (bicyclic) bond motifs is 3. The number of anilines is 2. The van der Waals surface area contributed by atoms with E-state index in [4.69, 9.17) is 4.74 Å². The number of amides is 2. The molecule has 146 valence electrons. The normalized spacial score (nSPS) is 20.4. The maximum Gasteiger partial charge on any atom is 0.251 e. The molecule has 0 aliphatic carbocycles. The number of benzene rings is 2. The predicted octanol–water partition coefficient (Wildman–Crippen LogP) is 2.01. The van der Waals surface area contributed by atoms with Gasteiger partial charge in [-0.1, -0.05) is 17.7 Å². The van der Waals surface area contributed by atoms with E-state index in [1.54, 1.807) is 18.2 Å². The van der Waals surface area contributed by atoms with Crippen molar-refractivity contribution in [2.45, 2.75) is 13.0 Å². The Balaban J connectivity index is 1.59. The maximum absolute atomic E-state index is 13.0. The smallest absolute Gasteiger partial charge is 0.251 e. The molecule has 2 aromatic rings. The Kier molecular flexibility index (Phi) is 5.02. The van der Waals surface area contributed by atoms with Gasteiger partial charge in [0, 0.05) is 31.5 Å². The van der Waals surface area contributed by atoms with Gasteiger partial charge < -0.3 is 15.4 Å². The van der Waals surface area contributed by atoms with E-state index >= 15 is 0 Å². The number of nitrogens with one attached hydrogen (secondary N) is 3. The SMILES string of the molecule is COCCNC(=O)c1ccc2c(c1)C1NN(c3ccc(C)cc3)C(=O)C1CN2. The third-order valence-corrected chi connectivity index (χ3v) is 5.25. The highest BCUT2D eigenvalue weighted by Crippen LogP contribution is 2.39. The number of carbonyl (C=O) groups excluding carboxylic acids is 2. The highest BCUT2D eigenvalue weighted by atomic mass is 16.5. The first-order valence-corrected chi connectivity index (χ1v) is 9.40. The molecule has 1 saturated heterocycles. The van der Waals surface area contributed by atoms with Crippen LogP contribution in [-0.4, -0.2) is 38.6 Å². The minimum atomic E-state index is -0.222. The second kappa shape index (κ2) is 7.61. The lowest BCUT2D eigenvalue weighted by Gasteiger charge is -2.27. The Bertz CT molecular complexity index is 897. The van der Waals surface area contributed by atoms with E-state index < -0.39 is 0 Å². The Morgan fingerprint density at radius 1 is 1.25 bits per heavy atom. The van der Waals surface area contributed by atoms with Crippen molar-refractivity contribution in [3.63, 3.8) is 0 Å². The van der Waals surface area contributed by atoms with Gasteiger partial charge in [-0.3, -0.25) is 9.59 Å². The highest BCUT2D eigenvalue weighted by Gasteiger charge is 2.44. The maximum atomic E-state index is 13.0. The number of ether oxygens (including phenoxy) is 1. The van der Waals surface area contributed by atoms with E-state index in [2.05, 4.69) is 16.1 Å². The quantitative estimate of drug-likeness (QED) is 0.691. The third-order valence-electron chi connectivity index (χ3n) is 5.25. The number of hydrogen-bond donors (Lipinski definition) is 3. The fourth-order valence-electron chi connectivity index (χ4n) is 3.70. The molecule has 0 radical (unpaired) electrons. The lowest BCUT2D eigenvalue weighted by Crippen LogP contribution is -2.35. The minimum absolute atomic E-state index is 0.0296. The van der Waals surface area contributed by atoms with Crippen LogP contribution in [0.5, 0.6) is 0 Å². The number of aryl methyl sites for hydroxylation is 1. The van der Waals surface area contributed by atoms with E-state index in [9.17, 15) is 9.59 Å². The molecule has 2 heterocycles. The van der Waals surface area contributed by atoms with E-state index in [1.807, 2.05) is 43.3 Å². The number of rotatable bonds is 5. The molecule has 0 saturated carbocycles. The second-order valence-corrected chi connectivity index (χ2v) is 7.15. The van der Waals surface area contributed by atoms with Crippen molar-refractivity contribution in [2.24, 2.45) is 5.92 Å². The van der Waals surface area contributed by atoms with Crippen molar-refractivity contribution in [3.05, 3.63) is 59.2 Å². The van der Waals surface area contributed by atoms with Crippen LogP contribution in [-0.2, 0) is 9.53 Å². The molecule has 2 amide bonds. The summed E-state index contributed by atoms with van der Waals surface area (Å²) in [4.78, 5) is 25.4. The molecule has 28 heavy (non-hydrogen) atoms. The van der Waals surface area contributed by atoms with Crippen LogP contribution in [0, 0.1) is 12.8 Å². The van der Waals surface area contributed by atoms with Crippen molar-refractivity contribution < 1.29 is 14.3 Å². The molecule has 0 bridgehead atoms. The van der Waals surface area contributed by atoms with Crippen molar-refractivity contribution in [1.82, 2.24) is 10.7 Å². The largest absolute Gasteiger partial charge is 0.384 e. The van der Waals surface area contributed by atoms with Gasteiger partial charge in [-0.05, 0) is 42.8 Å². The van der Waals surface area contributed by atoms with Gasteiger partial charge in [-0.15, -0.1) is 0 Å². The average molecular weight is 380 g/mol. The van der Waals surface area contributed by atoms with Crippen molar-refractivity contribution in [3.8, 4) is 0 Å². The fourth-order valence-corrected chi connectivity index (χ4v) is 3.70. The van der Waals surface area contributed by atoms with Crippen molar-refractivity contribution in [1.29, 1.82) is 0 Å². The molecule has 7 heteroatoms. The van der Waals surface area contributed by atoms with Crippen LogP contribution < -0.4 is 21.1 Å². The first-order chi connectivity index (χ1) is 13.6. The summed E-state index contributed by atoms with van der Waals surface area (Å²) in [6, 6.07) is 13.2. The predicted molar refractivity (Wildman–Crippen MR) is 107 cm³/mol. The monoisotopic (exact) mass is 380 g/mol. The zero-order valence-electron chi connectivity index (χ0n) is 16.0. The van der Waals surface area contributed by atoms with Gasteiger partial charge >= 0.3 is 0 Å². The van der Waals surface area contributed by atoms with Crippen LogP contribution in [0.1, 0.15) is 27.5 Å². The molecule has 0 aromatic heterocycles. The Labute approximate surface area is 164 Å². The molecule has 2 aliphatic rings. The van der Waals surface area contributed by atoms with Gasteiger partial charge in [-0.2, -0.15) is 0 Å². The van der Waals surface area contributed by atoms with Gasteiger partial charge in [0.25, 0.3) is 5.91 Å². The van der Waals surface area contributed by atoms with Crippen LogP contribution in [0.25, 0.3) is 0 Å². The molecule has 2 aromatic carbocycles. The van der Waals surface area contributed by atoms with Gasteiger partial charge in [0.1, 0.15) is 0 Å². The topological polar surface area (TPSA) is 82.7 Å². The summed E-state index contributed by atoms with van der Waals surface area (Å²) in [5, 5.41) is 7.78. The summed E-state index contributed by atoms with van der Waals surface area (Å²) in [6.07, 6.45) is 0. The number of carbonyl (C=O) groups is 2. The molecule has 2 atom stereocenters. The molecule has 3 N–H and O–H groups in total.